The molecule has 1 fully saturated rings. The number of hydrogen-bond donors (Lipinski definition) is 1. The van der Waals surface area contributed by atoms with Crippen molar-refractivity contribution < 1.29 is 22.5 Å². The lowest BCUT2D eigenvalue weighted by atomic mass is 9.96. The molecule has 1 atom stereocenters. The van der Waals surface area contributed by atoms with Crippen LogP contribution >= 0.6 is 0 Å². The van der Waals surface area contributed by atoms with E-state index in [2.05, 4.69) is 15.5 Å². The molecule has 1 aliphatic heterocycles. The van der Waals surface area contributed by atoms with Gasteiger partial charge in [-0.15, -0.1) is 0 Å². The van der Waals surface area contributed by atoms with Gasteiger partial charge >= 0.3 is 6.18 Å². The maximum atomic E-state index is 13.4. The lowest BCUT2D eigenvalue weighted by Crippen LogP contribution is -2.50. The second-order valence-corrected chi connectivity index (χ2v) is 6.10. The summed E-state index contributed by atoms with van der Waals surface area (Å²) in [6.45, 7) is 2.85. The number of carbonyl (C=O) groups is 1. The van der Waals surface area contributed by atoms with Crippen LogP contribution in [0, 0.1) is 0 Å². The Morgan fingerprint density at radius 2 is 2.12 bits per heavy atom. The molecule has 0 radical (unpaired) electrons. The van der Waals surface area contributed by atoms with Crippen LogP contribution in [0.2, 0.25) is 0 Å². The van der Waals surface area contributed by atoms with E-state index < -0.39 is 23.7 Å². The zero-order chi connectivity index (χ0) is 18.7. The fourth-order valence-electron chi connectivity index (χ4n) is 3.07. The van der Waals surface area contributed by atoms with Crippen molar-refractivity contribution in [3.05, 3.63) is 47.1 Å². The summed E-state index contributed by atoms with van der Waals surface area (Å²) in [6, 6.07) is 4.08. The first-order chi connectivity index (χ1) is 12.4. The lowest BCUT2D eigenvalue weighted by molar-refractivity contribution is -0.140. The molecule has 9 heteroatoms. The van der Waals surface area contributed by atoms with Gasteiger partial charge in [-0.3, -0.25) is 9.69 Å². The van der Waals surface area contributed by atoms with Crippen LogP contribution in [0.25, 0.3) is 0 Å². The Bertz CT molecular complexity index is 775. The van der Waals surface area contributed by atoms with Crippen LogP contribution in [-0.4, -0.2) is 34.0 Å². The maximum Gasteiger partial charge on any atom is 0.416 e. The van der Waals surface area contributed by atoms with Gasteiger partial charge < -0.3 is 9.84 Å². The highest BCUT2D eigenvalue weighted by Crippen LogP contribution is 2.37. The van der Waals surface area contributed by atoms with Crippen LogP contribution in [0.4, 0.5) is 13.2 Å². The van der Waals surface area contributed by atoms with Gasteiger partial charge in [-0.1, -0.05) is 30.3 Å². The van der Waals surface area contributed by atoms with E-state index >= 15 is 0 Å². The Morgan fingerprint density at radius 3 is 2.85 bits per heavy atom. The molecule has 2 aromatic rings. The van der Waals surface area contributed by atoms with Crippen molar-refractivity contribution in [2.45, 2.75) is 38.5 Å². The van der Waals surface area contributed by atoms with E-state index in [1.807, 2.05) is 6.92 Å². The molecule has 1 amide bonds. The largest absolute Gasteiger partial charge is 0.416 e. The molecule has 6 nitrogen and oxygen atoms in total. The SMILES string of the molecule is CCCc1nc(CN2CCNC(=O)C2c2ccccc2C(F)(F)F)no1. The topological polar surface area (TPSA) is 71.3 Å². The van der Waals surface area contributed by atoms with E-state index in [-0.39, 0.29) is 12.1 Å². The van der Waals surface area contributed by atoms with E-state index in [9.17, 15) is 18.0 Å². The van der Waals surface area contributed by atoms with Crippen LogP contribution < -0.4 is 5.32 Å². The van der Waals surface area contributed by atoms with E-state index in [4.69, 9.17) is 4.52 Å². The van der Waals surface area contributed by atoms with E-state index in [0.717, 1.165) is 12.5 Å². The van der Waals surface area contributed by atoms with Gasteiger partial charge in [0.05, 0.1) is 12.1 Å². The smallest absolute Gasteiger partial charge is 0.353 e. The normalized spacial score (nSPS) is 18.8. The summed E-state index contributed by atoms with van der Waals surface area (Å²) >= 11 is 0. The number of nitrogens with zero attached hydrogens (tertiary/aromatic N) is 3. The van der Waals surface area contributed by atoms with Crippen molar-refractivity contribution in [1.82, 2.24) is 20.4 Å². The summed E-state index contributed by atoms with van der Waals surface area (Å²) in [5, 5.41) is 6.51. The Hall–Kier alpha value is -2.42. The number of nitrogens with one attached hydrogen (secondary N) is 1. The molecule has 0 bridgehead atoms. The molecule has 0 aliphatic carbocycles. The third kappa shape index (κ3) is 3.87. The molecule has 1 aliphatic rings. The predicted octanol–water partition coefficient (Wildman–Crippen LogP) is 2.71. The second-order valence-electron chi connectivity index (χ2n) is 6.10. The first-order valence-electron chi connectivity index (χ1n) is 8.39. The molecule has 1 saturated heterocycles. The molecule has 1 aromatic heterocycles. The van der Waals surface area contributed by atoms with Crippen molar-refractivity contribution >= 4 is 5.91 Å². The first-order valence-corrected chi connectivity index (χ1v) is 8.39. The highest BCUT2D eigenvalue weighted by Gasteiger charge is 2.40. The highest BCUT2D eigenvalue weighted by molar-refractivity contribution is 5.84. The van der Waals surface area contributed by atoms with Crippen molar-refractivity contribution in [2.24, 2.45) is 0 Å². The van der Waals surface area contributed by atoms with E-state index in [1.54, 1.807) is 4.90 Å². The number of alkyl halides is 3. The number of hydrogen-bond acceptors (Lipinski definition) is 5. The molecule has 26 heavy (non-hydrogen) atoms. The Labute approximate surface area is 148 Å². The molecule has 0 spiro atoms. The molecule has 140 valence electrons. The standard InChI is InChI=1S/C17H19F3N4O2/c1-2-5-14-22-13(23-26-14)10-24-9-8-21-16(25)15(24)11-6-3-4-7-12(11)17(18,19)20/h3-4,6-7,15H,2,5,8-10H2,1H3,(H,21,25). The summed E-state index contributed by atoms with van der Waals surface area (Å²) in [6.07, 6.45) is -3.07. The van der Waals surface area contributed by atoms with Gasteiger partial charge in [-0.25, -0.2) is 0 Å². The van der Waals surface area contributed by atoms with Crippen molar-refractivity contribution in [2.75, 3.05) is 13.1 Å². The van der Waals surface area contributed by atoms with E-state index in [0.29, 0.717) is 31.2 Å². The van der Waals surface area contributed by atoms with Crippen LogP contribution in [0.1, 0.15) is 42.2 Å². The summed E-state index contributed by atoms with van der Waals surface area (Å²) in [7, 11) is 0. The quantitative estimate of drug-likeness (QED) is 0.879. The fraction of sp³-hybridized carbons (Fsp3) is 0.471. The summed E-state index contributed by atoms with van der Waals surface area (Å²) in [4.78, 5) is 18.3. The van der Waals surface area contributed by atoms with Gasteiger partial charge in [0.25, 0.3) is 0 Å². The first kappa shape index (κ1) is 18.4. The second kappa shape index (κ2) is 7.45. The number of halogens is 3. The summed E-state index contributed by atoms with van der Waals surface area (Å²) in [5.74, 6) is 0.374. The molecule has 1 N–H and O–H groups in total. The van der Waals surface area contributed by atoms with Gasteiger partial charge in [0.1, 0.15) is 6.04 Å². The number of aromatic nitrogens is 2. The number of aryl methyl sites for hydroxylation is 1. The molecule has 1 unspecified atom stereocenters. The van der Waals surface area contributed by atoms with Crippen molar-refractivity contribution in [1.29, 1.82) is 0 Å². The minimum Gasteiger partial charge on any atom is -0.353 e. The zero-order valence-corrected chi connectivity index (χ0v) is 14.2. The monoisotopic (exact) mass is 368 g/mol. The summed E-state index contributed by atoms with van der Waals surface area (Å²) in [5.41, 5.74) is -0.888. The summed E-state index contributed by atoms with van der Waals surface area (Å²) < 4.78 is 45.3. The third-order valence-corrected chi connectivity index (χ3v) is 4.19. The molecule has 3 rings (SSSR count). The van der Waals surface area contributed by atoms with Crippen molar-refractivity contribution in [3.8, 4) is 0 Å². The molecular formula is C17H19F3N4O2. The number of amides is 1. The minimum atomic E-state index is -4.54. The minimum absolute atomic E-state index is 0.0746. The van der Waals surface area contributed by atoms with Gasteiger partial charge in [0.15, 0.2) is 5.82 Å². The predicted molar refractivity (Wildman–Crippen MR) is 85.9 cm³/mol. The third-order valence-electron chi connectivity index (χ3n) is 4.19. The average molecular weight is 368 g/mol. The fourth-order valence-corrected chi connectivity index (χ4v) is 3.07. The lowest BCUT2D eigenvalue weighted by Gasteiger charge is -2.35. The van der Waals surface area contributed by atoms with Gasteiger partial charge in [0.2, 0.25) is 11.8 Å². The number of rotatable bonds is 5. The van der Waals surface area contributed by atoms with E-state index in [1.165, 1.54) is 18.2 Å². The molecule has 1 aromatic carbocycles. The van der Waals surface area contributed by atoms with Crippen LogP contribution in [0.3, 0.4) is 0 Å². The van der Waals surface area contributed by atoms with Crippen LogP contribution in [-0.2, 0) is 23.9 Å². The van der Waals surface area contributed by atoms with Gasteiger partial charge in [-0.2, -0.15) is 18.2 Å². The molecular weight excluding hydrogens is 349 g/mol. The van der Waals surface area contributed by atoms with Gasteiger partial charge in [-0.05, 0) is 18.1 Å². The highest BCUT2D eigenvalue weighted by atomic mass is 19.4. The number of piperazine rings is 1. The van der Waals surface area contributed by atoms with Crippen molar-refractivity contribution in [3.63, 3.8) is 0 Å². The average Bonchev–Trinajstić information content (AvgIpc) is 3.02. The molecule has 2 heterocycles. The number of benzene rings is 1. The van der Waals surface area contributed by atoms with Crippen LogP contribution in [0.5, 0.6) is 0 Å². The Kier molecular flexibility index (Phi) is 5.26. The Balaban J connectivity index is 1.91. The van der Waals surface area contributed by atoms with Crippen LogP contribution in [0.15, 0.2) is 28.8 Å². The van der Waals surface area contributed by atoms with Gasteiger partial charge in [0, 0.05) is 19.5 Å². The maximum absolute atomic E-state index is 13.4. The zero-order valence-electron chi connectivity index (χ0n) is 14.2. The molecule has 0 saturated carbocycles. The Morgan fingerprint density at radius 1 is 1.35 bits per heavy atom. The number of carbonyl (C=O) groups excluding carboxylic acids is 1.